The van der Waals surface area contributed by atoms with Crippen LogP contribution in [0.5, 0.6) is 0 Å². The van der Waals surface area contributed by atoms with Crippen LogP contribution in [0.3, 0.4) is 0 Å². The lowest BCUT2D eigenvalue weighted by Gasteiger charge is -2.29. The second kappa shape index (κ2) is 7.88. The number of amides is 2. The first kappa shape index (κ1) is 18.4. The second-order valence-corrected chi connectivity index (χ2v) is 6.38. The average Bonchev–Trinajstić information content (AvgIpc) is 3.01. The van der Waals surface area contributed by atoms with Crippen molar-refractivity contribution in [1.82, 2.24) is 5.32 Å². The molecule has 3 rings (SSSR count). The topological polar surface area (TPSA) is 97.1 Å². The number of primary amides is 1. The molecule has 1 unspecified atom stereocenters. The molecule has 2 heterocycles. The van der Waals surface area contributed by atoms with Gasteiger partial charge in [0.15, 0.2) is 0 Å². The van der Waals surface area contributed by atoms with Gasteiger partial charge in [-0.15, -0.1) is 0 Å². The van der Waals surface area contributed by atoms with Gasteiger partial charge >= 0.3 is 6.09 Å². The number of nitrogens with two attached hydrogens (primary N) is 1. The number of hydrogen-bond acceptors (Lipinski definition) is 6. The summed E-state index contributed by atoms with van der Waals surface area (Å²) in [5.74, 6) is -0.868. The molecule has 8 nitrogen and oxygen atoms in total. The highest BCUT2D eigenvalue weighted by Gasteiger charge is 2.33. The highest BCUT2D eigenvalue weighted by molar-refractivity contribution is 5.90. The molecule has 2 fully saturated rings. The molecule has 0 aromatic heterocycles. The quantitative estimate of drug-likeness (QED) is 0.759. The summed E-state index contributed by atoms with van der Waals surface area (Å²) in [5.41, 5.74) is 6.12. The maximum Gasteiger partial charge on any atom is 0.414 e. The molecule has 26 heavy (non-hydrogen) atoms. The van der Waals surface area contributed by atoms with E-state index in [1.807, 2.05) is 4.90 Å². The van der Waals surface area contributed by atoms with Crippen LogP contribution in [0.1, 0.15) is 6.92 Å². The molecule has 0 bridgehead atoms. The number of anilines is 2. The number of halogens is 1. The van der Waals surface area contributed by atoms with Gasteiger partial charge in [-0.2, -0.15) is 0 Å². The molecule has 0 saturated carbocycles. The smallest absolute Gasteiger partial charge is 0.414 e. The zero-order valence-corrected chi connectivity index (χ0v) is 14.6. The van der Waals surface area contributed by atoms with Crippen molar-refractivity contribution in [2.45, 2.75) is 19.1 Å². The largest absolute Gasteiger partial charge is 0.443 e. The SMILES string of the molecule is CC(NC[C@H]1CN(c2ccc(N3CCOCC3)c(F)c2)C(=O)O1)C(N)=O. The average molecular weight is 366 g/mol. The van der Waals surface area contributed by atoms with Crippen LogP contribution in [0.2, 0.25) is 0 Å². The third-order valence-electron chi connectivity index (χ3n) is 4.55. The van der Waals surface area contributed by atoms with Crippen LogP contribution in [-0.4, -0.2) is 63.5 Å². The lowest BCUT2D eigenvalue weighted by molar-refractivity contribution is -0.119. The van der Waals surface area contributed by atoms with Crippen molar-refractivity contribution in [3.63, 3.8) is 0 Å². The number of nitrogens with zero attached hydrogens (tertiary/aromatic N) is 2. The summed E-state index contributed by atoms with van der Waals surface area (Å²) in [6.45, 7) is 4.60. The number of rotatable bonds is 6. The molecule has 2 saturated heterocycles. The maximum atomic E-state index is 14.5. The van der Waals surface area contributed by atoms with Gasteiger partial charge < -0.3 is 25.4 Å². The normalized spacial score (nSPS) is 21.6. The zero-order valence-electron chi connectivity index (χ0n) is 14.6. The first-order valence-corrected chi connectivity index (χ1v) is 8.59. The highest BCUT2D eigenvalue weighted by Crippen LogP contribution is 2.28. The summed E-state index contributed by atoms with van der Waals surface area (Å²) in [6.07, 6.45) is -0.978. The van der Waals surface area contributed by atoms with Crippen LogP contribution < -0.4 is 20.9 Å². The Labute approximate surface area is 151 Å². The number of morpholine rings is 1. The molecule has 2 atom stereocenters. The standard InChI is InChI=1S/C17H23FN4O4/c1-11(16(19)23)20-9-13-10-22(17(24)26-13)12-2-3-15(14(18)8-12)21-4-6-25-7-5-21/h2-3,8,11,13,20H,4-7,9-10H2,1H3,(H2,19,23)/t11?,13-/m0/s1. The molecular formula is C17H23FN4O4. The third-order valence-corrected chi connectivity index (χ3v) is 4.55. The van der Waals surface area contributed by atoms with Crippen LogP contribution in [0, 0.1) is 5.82 Å². The molecule has 0 aliphatic carbocycles. The summed E-state index contributed by atoms with van der Waals surface area (Å²) in [6, 6.07) is 4.20. The second-order valence-electron chi connectivity index (χ2n) is 6.38. The fourth-order valence-electron chi connectivity index (χ4n) is 2.97. The van der Waals surface area contributed by atoms with Crippen LogP contribution in [0.25, 0.3) is 0 Å². The number of nitrogens with one attached hydrogen (secondary N) is 1. The van der Waals surface area contributed by atoms with Crippen LogP contribution in [0.15, 0.2) is 18.2 Å². The Morgan fingerprint density at radius 1 is 1.42 bits per heavy atom. The van der Waals surface area contributed by atoms with E-state index < -0.39 is 24.1 Å². The maximum absolute atomic E-state index is 14.5. The molecule has 2 aliphatic rings. The van der Waals surface area contributed by atoms with E-state index in [9.17, 15) is 14.0 Å². The van der Waals surface area contributed by atoms with E-state index in [1.54, 1.807) is 19.1 Å². The van der Waals surface area contributed by atoms with E-state index in [0.29, 0.717) is 44.2 Å². The van der Waals surface area contributed by atoms with Gasteiger partial charge in [-0.05, 0) is 25.1 Å². The fraction of sp³-hybridized carbons (Fsp3) is 0.529. The Kier molecular flexibility index (Phi) is 5.58. The van der Waals surface area contributed by atoms with Crippen LogP contribution >= 0.6 is 0 Å². The van der Waals surface area contributed by atoms with Crippen molar-refractivity contribution in [2.75, 3.05) is 49.2 Å². The fourth-order valence-corrected chi connectivity index (χ4v) is 2.97. The van der Waals surface area contributed by atoms with Crippen LogP contribution in [0.4, 0.5) is 20.6 Å². The number of hydrogen-bond donors (Lipinski definition) is 2. The number of cyclic esters (lactones) is 1. The van der Waals surface area contributed by atoms with Gasteiger partial charge in [0, 0.05) is 19.6 Å². The van der Waals surface area contributed by atoms with Gasteiger partial charge in [0.2, 0.25) is 5.91 Å². The summed E-state index contributed by atoms with van der Waals surface area (Å²) in [7, 11) is 0. The van der Waals surface area contributed by atoms with E-state index in [2.05, 4.69) is 5.32 Å². The third kappa shape index (κ3) is 4.05. The molecule has 9 heteroatoms. The van der Waals surface area contributed by atoms with E-state index in [-0.39, 0.29) is 12.4 Å². The molecule has 3 N–H and O–H groups in total. The minimum Gasteiger partial charge on any atom is -0.443 e. The first-order chi connectivity index (χ1) is 12.5. The minimum absolute atomic E-state index is 0.271. The Morgan fingerprint density at radius 3 is 2.81 bits per heavy atom. The Hall–Kier alpha value is -2.39. The summed E-state index contributed by atoms with van der Waals surface area (Å²) < 4.78 is 25.1. The van der Waals surface area contributed by atoms with Gasteiger partial charge in [0.1, 0.15) is 11.9 Å². The van der Waals surface area contributed by atoms with Crippen molar-refractivity contribution in [3.05, 3.63) is 24.0 Å². The van der Waals surface area contributed by atoms with Gasteiger partial charge in [0.05, 0.1) is 37.2 Å². The highest BCUT2D eigenvalue weighted by atomic mass is 19.1. The molecule has 0 spiro atoms. The summed E-state index contributed by atoms with van der Waals surface area (Å²) >= 11 is 0. The summed E-state index contributed by atoms with van der Waals surface area (Å²) in [4.78, 5) is 26.4. The molecule has 142 valence electrons. The van der Waals surface area contributed by atoms with Crippen molar-refractivity contribution in [3.8, 4) is 0 Å². The van der Waals surface area contributed by atoms with E-state index in [4.69, 9.17) is 15.2 Å². The van der Waals surface area contributed by atoms with E-state index in [1.165, 1.54) is 11.0 Å². The number of benzene rings is 1. The zero-order chi connectivity index (χ0) is 18.7. The number of ether oxygens (including phenoxy) is 2. The summed E-state index contributed by atoms with van der Waals surface area (Å²) in [5, 5.41) is 2.91. The molecule has 2 amide bonds. The van der Waals surface area contributed by atoms with Gasteiger partial charge in [-0.25, -0.2) is 9.18 Å². The van der Waals surface area contributed by atoms with Crippen LogP contribution in [-0.2, 0) is 14.3 Å². The number of carbonyl (C=O) groups excluding carboxylic acids is 2. The predicted octanol–water partition coefficient (Wildman–Crippen LogP) is 0.451. The lowest BCUT2D eigenvalue weighted by atomic mass is 10.2. The van der Waals surface area contributed by atoms with Gasteiger partial charge in [-0.3, -0.25) is 9.69 Å². The monoisotopic (exact) mass is 366 g/mol. The Morgan fingerprint density at radius 2 is 2.15 bits per heavy atom. The molecule has 2 aliphatic heterocycles. The van der Waals surface area contributed by atoms with Crippen molar-refractivity contribution < 1.29 is 23.5 Å². The number of carbonyl (C=O) groups is 2. The lowest BCUT2D eigenvalue weighted by Crippen LogP contribution is -2.43. The Balaban J connectivity index is 1.64. The van der Waals surface area contributed by atoms with Crippen molar-refractivity contribution in [1.29, 1.82) is 0 Å². The van der Waals surface area contributed by atoms with Gasteiger partial charge in [0.25, 0.3) is 0 Å². The van der Waals surface area contributed by atoms with Crippen molar-refractivity contribution in [2.24, 2.45) is 5.73 Å². The predicted molar refractivity (Wildman–Crippen MR) is 93.7 cm³/mol. The van der Waals surface area contributed by atoms with E-state index in [0.717, 1.165) is 0 Å². The molecule has 0 radical (unpaired) electrons. The molecule has 1 aromatic carbocycles. The Bertz CT molecular complexity index is 681. The molecule has 1 aromatic rings. The minimum atomic E-state index is -0.540. The van der Waals surface area contributed by atoms with Crippen molar-refractivity contribution >= 4 is 23.4 Å². The van der Waals surface area contributed by atoms with Gasteiger partial charge in [-0.1, -0.05) is 0 Å². The van der Waals surface area contributed by atoms with E-state index >= 15 is 0 Å². The molecular weight excluding hydrogens is 343 g/mol. The first-order valence-electron chi connectivity index (χ1n) is 8.59.